The number of likely N-dealkylation sites (tertiary alicyclic amines) is 1. The second kappa shape index (κ2) is 5.73. The van der Waals surface area contributed by atoms with E-state index in [1.54, 1.807) is 25.1 Å². The number of amides is 2. The number of nitrogens with zero attached hydrogens (tertiary/aromatic N) is 1. The van der Waals surface area contributed by atoms with Gasteiger partial charge in [-0.15, -0.1) is 0 Å². The van der Waals surface area contributed by atoms with Crippen LogP contribution in [0, 0.1) is 6.92 Å². The van der Waals surface area contributed by atoms with Crippen LogP contribution in [0.15, 0.2) is 18.2 Å². The highest BCUT2D eigenvalue weighted by Gasteiger charge is 2.23. The fourth-order valence-corrected chi connectivity index (χ4v) is 2.29. The molecule has 6 nitrogen and oxygen atoms in total. The minimum Gasteiger partial charge on any atom is -0.478 e. The van der Waals surface area contributed by atoms with Crippen LogP contribution in [0.1, 0.15) is 28.8 Å². The van der Waals surface area contributed by atoms with Gasteiger partial charge >= 0.3 is 5.97 Å². The largest absolute Gasteiger partial charge is 0.478 e. The van der Waals surface area contributed by atoms with Crippen LogP contribution in [0.4, 0.5) is 5.69 Å². The topological polar surface area (TPSA) is 86.7 Å². The number of benzene rings is 1. The van der Waals surface area contributed by atoms with Gasteiger partial charge in [-0.2, -0.15) is 0 Å². The van der Waals surface area contributed by atoms with Crippen molar-refractivity contribution in [1.82, 2.24) is 4.90 Å². The number of carbonyl (C=O) groups is 3. The molecule has 0 atom stereocenters. The van der Waals surface area contributed by atoms with Gasteiger partial charge in [0.15, 0.2) is 0 Å². The lowest BCUT2D eigenvalue weighted by molar-refractivity contribution is -0.131. The lowest BCUT2D eigenvalue weighted by Crippen LogP contribution is -2.34. The highest BCUT2D eigenvalue weighted by atomic mass is 16.4. The van der Waals surface area contributed by atoms with E-state index in [2.05, 4.69) is 5.32 Å². The summed E-state index contributed by atoms with van der Waals surface area (Å²) >= 11 is 0. The molecule has 0 bridgehead atoms. The van der Waals surface area contributed by atoms with Gasteiger partial charge in [-0.1, -0.05) is 12.1 Å². The molecule has 20 heavy (non-hydrogen) atoms. The first kappa shape index (κ1) is 14.0. The Hall–Kier alpha value is -2.37. The Morgan fingerprint density at radius 2 is 2.15 bits per heavy atom. The predicted molar refractivity (Wildman–Crippen MR) is 72.6 cm³/mol. The Labute approximate surface area is 116 Å². The fraction of sp³-hybridized carbons (Fsp3) is 0.357. The molecule has 0 unspecified atom stereocenters. The number of aryl methyl sites for hydroxylation is 1. The Bertz CT molecular complexity index is 568. The van der Waals surface area contributed by atoms with E-state index in [1.807, 2.05) is 0 Å². The molecule has 0 aliphatic carbocycles. The van der Waals surface area contributed by atoms with Gasteiger partial charge in [0.1, 0.15) is 0 Å². The molecule has 2 rings (SSSR count). The molecule has 1 heterocycles. The van der Waals surface area contributed by atoms with Gasteiger partial charge < -0.3 is 15.3 Å². The van der Waals surface area contributed by atoms with Crippen LogP contribution >= 0.6 is 0 Å². The van der Waals surface area contributed by atoms with E-state index in [0.717, 1.165) is 6.42 Å². The van der Waals surface area contributed by atoms with Gasteiger partial charge in [0.25, 0.3) is 0 Å². The Morgan fingerprint density at radius 1 is 1.40 bits per heavy atom. The Kier molecular flexibility index (Phi) is 4.02. The first-order valence-corrected chi connectivity index (χ1v) is 6.39. The molecule has 106 valence electrons. The van der Waals surface area contributed by atoms with Crippen molar-refractivity contribution < 1.29 is 19.5 Å². The van der Waals surface area contributed by atoms with E-state index in [-0.39, 0.29) is 29.6 Å². The highest BCUT2D eigenvalue weighted by molar-refractivity contribution is 6.02. The summed E-state index contributed by atoms with van der Waals surface area (Å²) in [5.41, 5.74) is 0.912. The van der Waals surface area contributed by atoms with E-state index in [9.17, 15) is 14.4 Å². The van der Waals surface area contributed by atoms with E-state index < -0.39 is 5.97 Å². The van der Waals surface area contributed by atoms with E-state index >= 15 is 0 Å². The van der Waals surface area contributed by atoms with Gasteiger partial charge in [-0.25, -0.2) is 4.79 Å². The summed E-state index contributed by atoms with van der Waals surface area (Å²) in [6.45, 7) is 2.21. The normalized spacial score (nSPS) is 14.4. The molecular weight excluding hydrogens is 260 g/mol. The lowest BCUT2D eigenvalue weighted by Gasteiger charge is -2.16. The van der Waals surface area contributed by atoms with Crippen molar-refractivity contribution in [1.29, 1.82) is 0 Å². The fourth-order valence-electron chi connectivity index (χ4n) is 2.29. The minimum absolute atomic E-state index is 0.0359. The number of carboxylic acids is 1. The minimum atomic E-state index is -1.09. The van der Waals surface area contributed by atoms with E-state index in [4.69, 9.17) is 5.11 Å². The zero-order valence-corrected chi connectivity index (χ0v) is 11.2. The van der Waals surface area contributed by atoms with Gasteiger partial charge in [0.05, 0.1) is 17.8 Å². The van der Waals surface area contributed by atoms with Crippen LogP contribution in [0.25, 0.3) is 0 Å². The zero-order valence-electron chi connectivity index (χ0n) is 11.2. The second-order valence-corrected chi connectivity index (χ2v) is 4.77. The number of nitrogens with one attached hydrogen (secondary N) is 1. The van der Waals surface area contributed by atoms with Crippen molar-refractivity contribution in [3.05, 3.63) is 29.3 Å². The number of anilines is 1. The monoisotopic (exact) mass is 276 g/mol. The van der Waals surface area contributed by atoms with Crippen LogP contribution < -0.4 is 5.32 Å². The van der Waals surface area contributed by atoms with Gasteiger partial charge in [-0.05, 0) is 25.0 Å². The highest BCUT2D eigenvalue weighted by Crippen LogP contribution is 2.19. The van der Waals surface area contributed by atoms with Crippen molar-refractivity contribution in [2.24, 2.45) is 0 Å². The van der Waals surface area contributed by atoms with Crippen molar-refractivity contribution in [3.63, 3.8) is 0 Å². The van der Waals surface area contributed by atoms with Gasteiger partial charge in [0, 0.05) is 13.0 Å². The molecule has 2 amide bonds. The van der Waals surface area contributed by atoms with E-state index in [1.165, 1.54) is 4.90 Å². The molecule has 1 aliphatic heterocycles. The molecule has 1 saturated heterocycles. The summed E-state index contributed by atoms with van der Waals surface area (Å²) in [5, 5.41) is 11.7. The Balaban J connectivity index is 2.10. The van der Waals surface area contributed by atoms with E-state index in [0.29, 0.717) is 18.5 Å². The van der Waals surface area contributed by atoms with Gasteiger partial charge in [-0.3, -0.25) is 9.59 Å². The molecule has 1 aliphatic rings. The third-order valence-corrected chi connectivity index (χ3v) is 3.27. The first-order valence-electron chi connectivity index (χ1n) is 6.39. The van der Waals surface area contributed by atoms with Crippen molar-refractivity contribution in [2.75, 3.05) is 18.4 Å². The smallest absolute Gasteiger partial charge is 0.338 e. The maximum atomic E-state index is 11.9. The predicted octanol–water partition coefficient (Wildman–Crippen LogP) is 1.25. The number of rotatable bonds is 4. The molecule has 0 saturated carbocycles. The summed E-state index contributed by atoms with van der Waals surface area (Å²) in [5.74, 6) is -1.51. The summed E-state index contributed by atoms with van der Waals surface area (Å²) in [6, 6.07) is 4.89. The zero-order chi connectivity index (χ0) is 14.7. The van der Waals surface area contributed by atoms with Crippen molar-refractivity contribution in [2.45, 2.75) is 19.8 Å². The average molecular weight is 276 g/mol. The number of carboxylic acid groups (broad SMARTS) is 1. The van der Waals surface area contributed by atoms with Gasteiger partial charge in [0.2, 0.25) is 11.8 Å². The average Bonchev–Trinajstić information content (AvgIpc) is 2.74. The molecule has 1 aromatic carbocycles. The quantitative estimate of drug-likeness (QED) is 0.866. The van der Waals surface area contributed by atoms with Crippen LogP contribution in [0.2, 0.25) is 0 Å². The van der Waals surface area contributed by atoms with Crippen LogP contribution in [-0.2, 0) is 9.59 Å². The number of carbonyl (C=O) groups excluding carboxylic acids is 2. The van der Waals surface area contributed by atoms with Crippen LogP contribution in [0.3, 0.4) is 0 Å². The summed E-state index contributed by atoms with van der Waals surface area (Å²) in [4.78, 5) is 36.0. The third kappa shape index (κ3) is 2.96. The molecule has 6 heteroatoms. The SMILES string of the molecule is Cc1cccc(NC(=O)CN2CCCC2=O)c1C(=O)O. The third-order valence-electron chi connectivity index (χ3n) is 3.27. The summed E-state index contributed by atoms with van der Waals surface area (Å²) in [6.07, 6.45) is 1.23. The van der Waals surface area contributed by atoms with Crippen molar-refractivity contribution in [3.8, 4) is 0 Å². The molecule has 1 aromatic rings. The lowest BCUT2D eigenvalue weighted by atomic mass is 10.1. The number of hydrogen-bond acceptors (Lipinski definition) is 3. The maximum Gasteiger partial charge on any atom is 0.338 e. The second-order valence-electron chi connectivity index (χ2n) is 4.77. The van der Waals surface area contributed by atoms with Crippen molar-refractivity contribution >= 4 is 23.5 Å². The van der Waals surface area contributed by atoms with Crippen LogP contribution in [0.5, 0.6) is 0 Å². The number of hydrogen-bond donors (Lipinski definition) is 2. The number of aromatic carboxylic acids is 1. The molecule has 0 spiro atoms. The summed E-state index contributed by atoms with van der Waals surface area (Å²) < 4.78 is 0. The van der Waals surface area contributed by atoms with Crippen LogP contribution in [-0.4, -0.2) is 40.9 Å². The molecular formula is C14H16N2O4. The molecule has 0 radical (unpaired) electrons. The first-order chi connectivity index (χ1) is 9.49. The standard InChI is InChI=1S/C14H16N2O4/c1-9-4-2-5-10(13(9)14(19)20)15-11(17)8-16-7-3-6-12(16)18/h2,4-5H,3,6-8H2,1H3,(H,15,17)(H,19,20). The molecule has 0 aromatic heterocycles. The molecule has 2 N–H and O–H groups in total. The molecule has 1 fully saturated rings. The maximum absolute atomic E-state index is 11.9. The Morgan fingerprint density at radius 3 is 2.75 bits per heavy atom. The summed E-state index contributed by atoms with van der Waals surface area (Å²) in [7, 11) is 0.